The summed E-state index contributed by atoms with van der Waals surface area (Å²) in [6, 6.07) is 7.23. The third kappa shape index (κ3) is 2.97. The first-order chi connectivity index (χ1) is 11.0. The van der Waals surface area contributed by atoms with E-state index in [-0.39, 0.29) is 11.5 Å². The molecule has 0 saturated carbocycles. The van der Waals surface area contributed by atoms with E-state index >= 15 is 0 Å². The Kier molecular flexibility index (Phi) is 3.90. The first-order valence-corrected chi connectivity index (χ1v) is 7.07. The lowest BCUT2D eigenvalue weighted by Gasteiger charge is -2.14. The van der Waals surface area contributed by atoms with Gasteiger partial charge in [-0.25, -0.2) is 18.6 Å². The van der Waals surface area contributed by atoms with Crippen molar-refractivity contribution >= 4 is 11.6 Å². The predicted molar refractivity (Wildman–Crippen MR) is 80.4 cm³/mol. The van der Waals surface area contributed by atoms with Crippen LogP contribution in [0.2, 0.25) is 0 Å². The van der Waals surface area contributed by atoms with E-state index in [9.17, 15) is 18.0 Å². The fourth-order valence-corrected chi connectivity index (χ4v) is 2.56. The van der Waals surface area contributed by atoms with Crippen LogP contribution in [0.3, 0.4) is 0 Å². The van der Waals surface area contributed by atoms with Crippen LogP contribution in [-0.2, 0) is 4.79 Å². The lowest BCUT2D eigenvalue weighted by atomic mass is 9.95. The molecular formula is C17H13F3N2O. The number of amides is 1. The van der Waals surface area contributed by atoms with E-state index in [2.05, 4.69) is 10.5 Å². The molecule has 0 bridgehead atoms. The van der Waals surface area contributed by atoms with E-state index in [1.807, 2.05) is 6.07 Å². The molecule has 0 unspecified atom stereocenters. The second-order valence-electron chi connectivity index (χ2n) is 5.38. The Balaban J connectivity index is 1.99. The van der Waals surface area contributed by atoms with Crippen LogP contribution in [0.4, 0.5) is 13.2 Å². The monoisotopic (exact) mass is 318 g/mol. The number of halogens is 3. The van der Waals surface area contributed by atoms with Crippen molar-refractivity contribution in [2.45, 2.75) is 19.8 Å². The summed E-state index contributed by atoms with van der Waals surface area (Å²) in [5, 5.41) is 4.01. The molecule has 1 heterocycles. The van der Waals surface area contributed by atoms with Crippen LogP contribution < -0.4 is 5.43 Å². The Labute approximate surface area is 130 Å². The van der Waals surface area contributed by atoms with E-state index < -0.39 is 17.5 Å². The number of nitrogens with one attached hydrogen (secondary N) is 1. The normalized spacial score (nSPS) is 14.4. The van der Waals surface area contributed by atoms with Crippen molar-refractivity contribution in [1.29, 1.82) is 0 Å². The minimum Gasteiger partial charge on any atom is -0.273 e. The summed E-state index contributed by atoms with van der Waals surface area (Å²) in [6.07, 6.45) is 0.901. The van der Waals surface area contributed by atoms with Crippen LogP contribution in [0.25, 0.3) is 11.1 Å². The van der Waals surface area contributed by atoms with E-state index in [0.29, 0.717) is 18.4 Å². The highest BCUT2D eigenvalue weighted by Gasteiger charge is 2.16. The summed E-state index contributed by atoms with van der Waals surface area (Å²) in [6.45, 7) is 1.79. The van der Waals surface area contributed by atoms with Gasteiger partial charge in [-0.1, -0.05) is 12.1 Å². The number of rotatable bonds is 2. The van der Waals surface area contributed by atoms with Crippen molar-refractivity contribution in [3.05, 3.63) is 58.9 Å². The maximum Gasteiger partial charge on any atom is 0.240 e. The zero-order chi connectivity index (χ0) is 16.6. The molecule has 23 heavy (non-hydrogen) atoms. The first kappa shape index (κ1) is 15.3. The molecule has 0 aromatic heterocycles. The molecule has 1 amide bonds. The Hall–Kier alpha value is -2.63. The van der Waals surface area contributed by atoms with E-state index in [0.717, 1.165) is 29.0 Å². The number of carbonyl (C=O) groups is 1. The highest BCUT2D eigenvalue weighted by Crippen LogP contribution is 2.28. The summed E-state index contributed by atoms with van der Waals surface area (Å²) in [5.41, 5.74) is 5.64. The van der Waals surface area contributed by atoms with Crippen LogP contribution in [0.1, 0.15) is 24.0 Å². The van der Waals surface area contributed by atoms with Gasteiger partial charge in [0.05, 0.1) is 5.71 Å². The molecule has 0 aliphatic carbocycles. The summed E-state index contributed by atoms with van der Waals surface area (Å²) in [7, 11) is 0. The van der Waals surface area contributed by atoms with Crippen molar-refractivity contribution in [3.8, 4) is 11.1 Å². The molecule has 0 fully saturated rings. The molecule has 118 valence electrons. The molecule has 6 heteroatoms. The summed E-state index contributed by atoms with van der Waals surface area (Å²) >= 11 is 0. The lowest BCUT2D eigenvalue weighted by molar-refractivity contribution is -0.121. The van der Waals surface area contributed by atoms with Gasteiger partial charge in [0, 0.05) is 12.8 Å². The number of hydrazone groups is 1. The number of aryl methyl sites for hydroxylation is 1. The Bertz CT molecular complexity index is 808. The Morgan fingerprint density at radius 3 is 2.26 bits per heavy atom. The summed E-state index contributed by atoms with van der Waals surface area (Å²) in [4.78, 5) is 11.1. The average molecular weight is 318 g/mol. The molecule has 0 saturated heterocycles. The number of benzene rings is 2. The van der Waals surface area contributed by atoms with Crippen molar-refractivity contribution in [2.75, 3.05) is 0 Å². The van der Waals surface area contributed by atoms with Crippen LogP contribution >= 0.6 is 0 Å². The zero-order valence-electron chi connectivity index (χ0n) is 12.3. The number of hydrogen-bond donors (Lipinski definition) is 1. The molecule has 1 N–H and O–H groups in total. The van der Waals surface area contributed by atoms with Gasteiger partial charge in [0.15, 0.2) is 17.5 Å². The topological polar surface area (TPSA) is 41.5 Å². The fraction of sp³-hybridized carbons (Fsp3) is 0.176. The SMILES string of the molecule is Cc1cc(C2=NNC(=O)CC2)ccc1-c1cc(F)c(F)c(F)c1. The highest BCUT2D eigenvalue weighted by molar-refractivity contribution is 6.04. The molecule has 2 aromatic carbocycles. The fourth-order valence-electron chi connectivity index (χ4n) is 2.56. The van der Waals surface area contributed by atoms with Gasteiger partial charge in [0.25, 0.3) is 0 Å². The molecule has 1 aliphatic rings. The van der Waals surface area contributed by atoms with Crippen molar-refractivity contribution in [2.24, 2.45) is 5.10 Å². The number of hydrogen-bond acceptors (Lipinski definition) is 2. The quantitative estimate of drug-likeness (QED) is 0.843. The molecule has 0 atom stereocenters. The predicted octanol–water partition coefficient (Wildman–Crippen LogP) is 3.69. The smallest absolute Gasteiger partial charge is 0.240 e. The van der Waals surface area contributed by atoms with E-state index in [1.54, 1.807) is 19.1 Å². The molecule has 3 rings (SSSR count). The van der Waals surface area contributed by atoms with Crippen molar-refractivity contribution in [1.82, 2.24) is 5.43 Å². The maximum absolute atomic E-state index is 13.4. The van der Waals surface area contributed by atoms with Gasteiger partial charge in [-0.15, -0.1) is 0 Å². The maximum atomic E-state index is 13.4. The average Bonchev–Trinajstić information content (AvgIpc) is 2.53. The number of nitrogens with zero attached hydrogens (tertiary/aromatic N) is 1. The van der Waals surface area contributed by atoms with Gasteiger partial charge >= 0.3 is 0 Å². The zero-order valence-corrected chi connectivity index (χ0v) is 12.3. The van der Waals surface area contributed by atoms with E-state index in [1.165, 1.54) is 0 Å². The summed E-state index contributed by atoms with van der Waals surface area (Å²) in [5.74, 6) is -4.04. The molecule has 1 aliphatic heterocycles. The third-order valence-corrected chi connectivity index (χ3v) is 3.76. The largest absolute Gasteiger partial charge is 0.273 e. The highest BCUT2D eigenvalue weighted by atomic mass is 19.2. The van der Waals surface area contributed by atoms with Crippen molar-refractivity contribution < 1.29 is 18.0 Å². The summed E-state index contributed by atoms with van der Waals surface area (Å²) < 4.78 is 39.8. The minimum atomic E-state index is -1.48. The standard InChI is InChI=1S/C17H13F3N2O/c1-9-6-10(15-4-5-16(23)22-21-15)2-3-12(9)11-7-13(18)17(20)14(19)8-11/h2-3,6-8H,4-5H2,1H3,(H,22,23). The van der Waals surface area contributed by atoms with Gasteiger partial charge in [0.1, 0.15) is 0 Å². The minimum absolute atomic E-state index is 0.126. The van der Waals surface area contributed by atoms with Crippen LogP contribution in [0, 0.1) is 24.4 Å². The number of carbonyl (C=O) groups excluding carboxylic acids is 1. The molecule has 2 aromatic rings. The molecule has 0 spiro atoms. The molecule has 0 radical (unpaired) electrons. The van der Waals surface area contributed by atoms with Crippen LogP contribution in [-0.4, -0.2) is 11.6 Å². The van der Waals surface area contributed by atoms with Gasteiger partial charge in [-0.05, 0) is 47.4 Å². The first-order valence-electron chi connectivity index (χ1n) is 7.07. The van der Waals surface area contributed by atoms with Crippen molar-refractivity contribution in [3.63, 3.8) is 0 Å². The van der Waals surface area contributed by atoms with Gasteiger partial charge in [-0.3, -0.25) is 4.79 Å². The Morgan fingerprint density at radius 2 is 1.70 bits per heavy atom. The lowest BCUT2D eigenvalue weighted by Crippen LogP contribution is -2.25. The molecular weight excluding hydrogens is 305 g/mol. The van der Waals surface area contributed by atoms with E-state index in [4.69, 9.17) is 0 Å². The Morgan fingerprint density at radius 1 is 1.00 bits per heavy atom. The second-order valence-corrected chi connectivity index (χ2v) is 5.38. The third-order valence-electron chi connectivity index (χ3n) is 3.76. The van der Waals surface area contributed by atoms with Gasteiger partial charge in [0.2, 0.25) is 5.91 Å². The van der Waals surface area contributed by atoms with Crippen LogP contribution in [0.15, 0.2) is 35.4 Å². The molecule has 3 nitrogen and oxygen atoms in total. The van der Waals surface area contributed by atoms with Gasteiger partial charge < -0.3 is 0 Å². The van der Waals surface area contributed by atoms with Crippen LogP contribution in [0.5, 0.6) is 0 Å². The second kappa shape index (κ2) is 5.87. The van der Waals surface area contributed by atoms with Gasteiger partial charge in [-0.2, -0.15) is 5.10 Å².